The van der Waals surface area contributed by atoms with Crippen LogP contribution in [0.2, 0.25) is 0 Å². The van der Waals surface area contributed by atoms with E-state index in [1.807, 2.05) is 0 Å². The van der Waals surface area contributed by atoms with Gasteiger partial charge >= 0.3 is 6.03 Å². The van der Waals surface area contributed by atoms with E-state index in [2.05, 4.69) is 10.6 Å². The highest BCUT2D eigenvalue weighted by Gasteiger charge is 2.23. The lowest BCUT2D eigenvalue weighted by atomic mass is 10.2. The molecule has 2 rings (SSSR count). The molecule has 84 valence electrons. The molecule has 1 aliphatic carbocycles. The van der Waals surface area contributed by atoms with Gasteiger partial charge in [0.05, 0.1) is 0 Å². The van der Waals surface area contributed by atoms with Gasteiger partial charge in [-0.2, -0.15) is 0 Å². The summed E-state index contributed by atoms with van der Waals surface area (Å²) in [5.41, 5.74) is 6.08. The van der Waals surface area contributed by atoms with Gasteiger partial charge < -0.3 is 16.4 Å². The van der Waals surface area contributed by atoms with Crippen LogP contribution >= 0.6 is 0 Å². The lowest BCUT2D eigenvalue weighted by molar-refractivity contribution is 0.100. The Morgan fingerprint density at radius 3 is 2.69 bits per heavy atom. The van der Waals surface area contributed by atoms with Crippen molar-refractivity contribution >= 4 is 17.6 Å². The first-order valence-electron chi connectivity index (χ1n) is 5.12. The molecule has 1 saturated carbocycles. The topological polar surface area (TPSA) is 84.2 Å². The highest BCUT2D eigenvalue weighted by atomic mass is 16.2. The van der Waals surface area contributed by atoms with Crippen molar-refractivity contribution in [3.63, 3.8) is 0 Å². The molecule has 0 radical (unpaired) electrons. The molecule has 4 N–H and O–H groups in total. The smallest absolute Gasteiger partial charge is 0.319 e. The second-order valence-electron chi connectivity index (χ2n) is 3.82. The van der Waals surface area contributed by atoms with E-state index in [1.54, 1.807) is 24.3 Å². The van der Waals surface area contributed by atoms with Crippen molar-refractivity contribution in [1.29, 1.82) is 0 Å². The highest BCUT2D eigenvalue weighted by Crippen LogP contribution is 2.19. The van der Waals surface area contributed by atoms with Crippen LogP contribution in [-0.2, 0) is 0 Å². The molecule has 0 saturated heterocycles. The number of carbonyl (C=O) groups excluding carboxylic acids is 2. The fourth-order valence-corrected chi connectivity index (χ4v) is 1.33. The van der Waals surface area contributed by atoms with Gasteiger partial charge in [0, 0.05) is 17.3 Å². The van der Waals surface area contributed by atoms with Crippen molar-refractivity contribution in [2.45, 2.75) is 18.9 Å². The fourth-order valence-electron chi connectivity index (χ4n) is 1.33. The van der Waals surface area contributed by atoms with Crippen LogP contribution in [0.5, 0.6) is 0 Å². The van der Waals surface area contributed by atoms with Gasteiger partial charge in [0.15, 0.2) is 0 Å². The maximum atomic E-state index is 11.4. The predicted octanol–water partition coefficient (Wildman–Crippen LogP) is 1.07. The molecule has 0 unspecified atom stereocenters. The molecule has 5 heteroatoms. The molecule has 0 aliphatic heterocycles. The number of anilines is 1. The highest BCUT2D eigenvalue weighted by molar-refractivity contribution is 5.95. The maximum Gasteiger partial charge on any atom is 0.319 e. The number of hydrogen-bond acceptors (Lipinski definition) is 2. The van der Waals surface area contributed by atoms with Gasteiger partial charge in [-0.05, 0) is 31.0 Å². The first-order chi connectivity index (χ1) is 7.65. The summed E-state index contributed by atoms with van der Waals surface area (Å²) in [5, 5.41) is 5.44. The van der Waals surface area contributed by atoms with Gasteiger partial charge in [0.2, 0.25) is 5.91 Å². The molecule has 1 aromatic rings. The average molecular weight is 219 g/mol. The Bertz CT molecular complexity index is 427. The van der Waals surface area contributed by atoms with Gasteiger partial charge in [0.25, 0.3) is 0 Å². The second kappa shape index (κ2) is 4.22. The molecule has 0 heterocycles. The summed E-state index contributed by atoms with van der Waals surface area (Å²) < 4.78 is 0. The van der Waals surface area contributed by atoms with Crippen molar-refractivity contribution in [2.24, 2.45) is 5.73 Å². The average Bonchev–Trinajstić information content (AvgIpc) is 3.01. The molecule has 0 spiro atoms. The van der Waals surface area contributed by atoms with Crippen LogP contribution in [0.25, 0.3) is 0 Å². The molecule has 1 fully saturated rings. The number of nitrogens with two attached hydrogens (primary N) is 1. The second-order valence-corrected chi connectivity index (χ2v) is 3.82. The molecule has 1 aromatic carbocycles. The summed E-state index contributed by atoms with van der Waals surface area (Å²) >= 11 is 0. The Labute approximate surface area is 93.0 Å². The third-order valence-electron chi connectivity index (χ3n) is 2.32. The van der Waals surface area contributed by atoms with Crippen molar-refractivity contribution in [1.82, 2.24) is 5.32 Å². The molecule has 16 heavy (non-hydrogen) atoms. The van der Waals surface area contributed by atoms with Gasteiger partial charge in [0.1, 0.15) is 0 Å². The zero-order valence-electron chi connectivity index (χ0n) is 8.69. The number of rotatable bonds is 3. The SMILES string of the molecule is NC(=O)c1cccc(NC(=O)NC2CC2)c1. The van der Waals surface area contributed by atoms with Gasteiger partial charge in [-0.25, -0.2) is 4.79 Å². The minimum atomic E-state index is -0.508. The third-order valence-corrected chi connectivity index (χ3v) is 2.32. The molecular formula is C11H13N3O2. The Balaban J connectivity index is 1.99. The van der Waals surface area contributed by atoms with Gasteiger partial charge in [-0.1, -0.05) is 6.07 Å². The van der Waals surface area contributed by atoms with Crippen LogP contribution in [-0.4, -0.2) is 18.0 Å². The number of primary amides is 1. The quantitative estimate of drug-likeness (QED) is 0.710. The summed E-state index contributed by atoms with van der Waals surface area (Å²) in [5.74, 6) is -0.508. The van der Waals surface area contributed by atoms with Crippen LogP contribution in [0.4, 0.5) is 10.5 Å². The molecule has 0 bridgehead atoms. The van der Waals surface area contributed by atoms with E-state index < -0.39 is 5.91 Å². The molecule has 1 aliphatic rings. The van der Waals surface area contributed by atoms with E-state index in [1.165, 1.54) is 0 Å². The van der Waals surface area contributed by atoms with E-state index in [4.69, 9.17) is 5.73 Å². The molecule has 0 atom stereocenters. The third kappa shape index (κ3) is 2.73. The number of carbonyl (C=O) groups is 2. The van der Waals surface area contributed by atoms with Crippen LogP contribution in [0, 0.1) is 0 Å². The summed E-state index contributed by atoms with van der Waals surface area (Å²) in [6.07, 6.45) is 2.07. The van der Waals surface area contributed by atoms with E-state index in [9.17, 15) is 9.59 Å². The minimum Gasteiger partial charge on any atom is -0.366 e. The first-order valence-corrected chi connectivity index (χ1v) is 5.12. The van der Waals surface area contributed by atoms with Crippen molar-refractivity contribution in [3.05, 3.63) is 29.8 Å². The Morgan fingerprint density at radius 1 is 1.31 bits per heavy atom. The summed E-state index contributed by atoms with van der Waals surface area (Å²) in [7, 11) is 0. The van der Waals surface area contributed by atoms with Crippen LogP contribution in [0.3, 0.4) is 0 Å². The lowest BCUT2D eigenvalue weighted by Gasteiger charge is -2.07. The number of amides is 3. The van der Waals surface area contributed by atoms with Gasteiger partial charge in [-0.15, -0.1) is 0 Å². The van der Waals surface area contributed by atoms with Crippen molar-refractivity contribution in [3.8, 4) is 0 Å². The number of nitrogens with one attached hydrogen (secondary N) is 2. The summed E-state index contributed by atoms with van der Waals surface area (Å²) in [4.78, 5) is 22.3. The normalized spacial score (nSPS) is 14.2. The van der Waals surface area contributed by atoms with E-state index in [0.29, 0.717) is 17.3 Å². The Kier molecular flexibility index (Phi) is 2.76. The Morgan fingerprint density at radius 2 is 2.06 bits per heavy atom. The van der Waals surface area contributed by atoms with Crippen molar-refractivity contribution in [2.75, 3.05) is 5.32 Å². The largest absolute Gasteiger partial charge is 0.366 e. The fraction of sp³-hybridized carbons (Fsp3) is 0.273. The monoisotopic (exact) mass is 219 g/mol. The van der Waals surface area contributed by atoms with Crippen LogP contribution in [0.15, 0.2) is 24.3 Å². The maximum absolute atomic E-state index is 11.4. The zero-order chi connectivity index (χ0) is 11.5. The first kappa shape index (κ1) is 10.5. The lowest BCUT2D eigenvalue weighted by Crippen LogP contribution is -2.30. The Hall–Kier alpha value is -2.04. The number of benzene rings is 1. The summed E-state index contributed by atoms with van der Waals surface area (Å²) in [6, 6.07) is 6.59. The summed E-state index contributed by atoms with van der Waals surface area (Å²) in [6.45, 7) is 0. The van der Waals surface area contributed by atoms with Crippen molar-refractivity contribution < 1.29 is 9.59 Å². The molecule has 5 nitrogen and oxygen atoms in total. The predicted molar refractivity (Wildman–Crippen MR) is 60.1 cm³/mol. The number of hydrogen-bond donors (Lipinski definition) is 3. The van der Waals surface area contributed by atoms with E-state index in [-0.39, 0.29) is 6.03 Å². The van der Waals surface area contributed by atoms with E-state index >= 15 is 0 Å². The van der Waals surface area contributed by atoms with Gasteiger partial charge in [-0.3, -0.25) is 4.79 Å². The number of urea groups is 1. The van der Waals surface area contributed by atoms with Crippen LogP contribution < -0.4 is 16.4 Å². The molecule has 0 aromatic heterocycles. The molecular weight excluding hydrogens is 206 g/mol. The zero-order valence-corrected chi connectivity index (χ0v) is 8.69. The standard InChI is InChI=1S/C11H13N3O2/c12-10(15)7-2-1-3-9(6-7)14-11(16)13-8-4-5-8/h1-3,6,8H,4-5H2,(H2,12,15)(H2,13,14,16). The minimum absolute atomic E-state index is 0.246. The molecule has 3 amide bonds. The van der Waals surface area contributed by atoms with E-state index in [0.717, 1.165) is 12.8 Å². The van der Waals surface area contributed by atoms with Crippen LogP contribution in [0.1, 0.15) is 23.2 Å².